The minimum atomic E-state index is -5.00. The molecule has 10 heteroatoms. The molecule has 2 rings (SSSR count). The number of hydrogen-bond acceptors (Lipinski definition) is 3. The number of nitrogens with two attached hydrogens (primary N) is 1. The van der Waals surface area contributed by atoms with E-state index in [0.29, 0.717) is 42.8 Å². The zero-order valence-corrected chi connectivity index (χ0v) is 16.9. The van der Waals surface area contributed by atoms with Gasteiger partial charge in [-0.3, -0.25) is 9.59 Å². The van der Waals surface area contributed by atoms with E-state index in [9.17, 15) is 35.9 Å². The van der Waals surface area contributed by atoms with E-state index in [4.69, 9.17) is 5.73 Å². The molecule has 0 aliphatic heterocycles. The van der Waals surface area contributed by atoms with Gasteiger partial charge in [0.05, 0.1) is 22.5 Å². The molecule has 0 heterocycles. The fourth-order valence-corrected chi connectivity index (χ4v) is 3.01. The number of alkyl halides is 6. The third-order valence-electron chi connectivity index (χ3n) is 4.70. The Morgan fingerprint density at radius 2 is 1.31 bits per heavy atom. The van der Waals surface area contributed by atoms with E-state index in [1.807, 2.05) is 0 Å². The molecule has 0 aliphatic carbocycles. The smallest absolute Gasteiger partial charge is 0.397 e. The van der Waals surface area contributed by atoms with Crippen LogP contribution in [0.5, 0.6) is 0 Å². The first-order valence-corrected chi connectivity index (χ1v) is 9.85. The number of Topliss-reactive ketones (excluding diaryl/α,β-unsaturated/α-hetero) is 1. The molecule has 0 aliphatic rings. The van der Waals surface area contributed by atoms with E-state index >= 15 is 0 Å². The maximum Gasteiger partial charge on any atom is 0.416 e. The number of nitrogens with one attached hydrogen (secondary N) is 1. The number of carbonyl (C=O) groups is 2. The van der Waals surface area contributed by atoms with Crippen molar-refractivity contribution in [3.8, 4) is 0 Å². The summed E-state index contributed by atoms with van der Waals surface area (Å²) in [5.41, 5.74) is 3.02. The lowest BCUT2D eigenvalue weighted by molar-refractivity contribution is -0.143. The Morgan fingerprint density at radius 3 is 1.84 bits per heavy atom. The number of para-hydroxylation sites is 2. The predicted molar refractivity (Wildman–Crippen MR) is 108 cm³/mol. The number of rotatable bonds is 9. The first kappa shape index (κ1) is 25.2. The lowest BCUT2D eigenvalue weighted by Gasteiger charge is -2.13. The number of carbonyl (C=O) groups excluding carboxylic acids is 2. The molecule has 0 atom stereocenters. The number of anilines is 2. The molecule has 0 unspecified atom stereocenters. The molecule has 2 aromatic rings. The van der Waals surface area contributed by atoms with Gasteiger partial charge in [-0.2, -0.15) is 26.3 Å². The zero-order valence-electron chi connectivity index (χ0n) is 16.9. The summed E-state index contributed by atoms with van der Waals surface area (Å²) in [5, 5.41) is 2.67. The number of halogens is 6. The summed E-state index contributed by atoms with van der Waals surface area (Å²) in [6.45, 7) is 0. The van der Waals surface area contributed by atoms with Gasteiger partial charge in [0.25, 0.3) is 0 Å². The maximum absolute atomic E-state index is 12.9. The molecule has 0 saturated heterocycles. The topological polar surface area (TPSA) is 72.2 Å². The maximum atomic E-state index is 12.9. The van der Waals surface area contributed by atoms with Crippen LogP contribution in [0.3, 0.4) is 0 Å². The molecule has 2 aromatic carbocycles. The Hall–Kier alpha value is -3.04. The van der Waals surface area contributed by atoms with Crippen LogP contribution < -0.4 is 11.1 Å². The van der Waals surface area contributed by atoms with Crippen LogP contribution in [0.15, 0.2) is 42.5 Å². The van der Waals surface area contributed by atoms with Gasteiger partial charge >= 0.3 is 12.4 Å². The predicted octanol–water partition coefficient (Wildman–Crippen LogP) is 6.47. The van der Waals surface area contributed by atoms with Gasteiger partial charge in [-0.1, -0.05) is 25.0 Å². The van der Waals surface area contributed by atoms with Crippen molar-refractivity contribution >= 4 is 23.1 Å². The highest BCUT2D eigenvalue weighted by Gasteiger charge is 2.37. The minimum absolute atomic E-state index is 0.00904. The van der Waals surface area contributed by atoms with Gasteiger partial charge in [0.1, 0.15) is 0 Å². The SMILES string of the molecule is Nc1ccccc1NC(=O)CCCCCCC(=O)c1cc(C(F)(F)F)cc(C(F)(F)F)c1. The third kappa shape index (κ3) is 7.58. The average molecular weight is 460 g/mol. The van der Waals surface area contributed by atoms with E-state index in [1.54, 1.807) is 24.3 Å². The van der Waals surface area contributed by atoms with Gasteiger partial charge in [0.2, 0.25) is 5.91 Å². The summed E-state index contributed by atoms with van der Waals surface area (Å²) >= 11 is 0. The monoisotopic (exact) mass is 460 g/mol. The average Bonchev–Trinajstić information content (AvgIpc) is 2.70. The third-order valence-corrected chi connectivity index (χ3v) is 4.70. The van der Waals surface area contributed by atoms with Crippen LogP contribution in [-0.2, 0) is 17.1 Å². The summed E-state index contributed by atoms with van der Waals surface area (Å²) in [6.07, 6.45) is -8.12. The van der Waals surface area contributed by atoms with Crippen molar-refractivity contribution in [2.45, 2.75) is 50.9 Å². The molecule has 0 saturated carbocycles. The van der Waals surface area contributed by atoms with Gasteiger partial charge in [-0.15, -0.1) is 0 Å². The molecular weight excluding hydrogens is 438 g/mol. The van der Waals surface area contributed by atoms with Gasteiger partial charge in [-0.25, -0.2) is 0 Å². The van der Waals surface area contributed by atoms with Crippen molar-refractivity contribution in [1.82, 2.24) is 0 Å². The summed E-state index contributed by atoms with van der Waals surface area (Å²) in [7, 11) is 0. The summed E-state index contributed by atoms with van der Waals surface area (Å²) in [6, 6.07) is 7.64. The van der Waals surface area contributed by atoms with Crippen LogP contribution >= 0.6 is 0 Å². The quantitative estimate of drug-likeness (QED) is 0.195. The molecule has 4 nitrogen and oxygen atoms in total. The lowest BCUT2D eigenvalue weighted by Crippen LogP contribution is -2.13. The first-order valence-electron chi connectivity index (χ1n) is 9.85. The fraction of sp³-hybridized carbons (Fsp3) is 0.364. The molecule has 3 N–H and O–H groups in total. The highest BCUT2D eigenvalue weighted by molar-refractivity contribution is 5.96. The van der Waals surface area contributed by atoms with E-state index in [1.165, 1.54) is 0 Å². The van der Waals surface area contributed by atoms with Crippen LogP contribution in [0, 0.1) is 0 Å². The van der Waals surface area contributed by atoms with Crippen LogP contribution in [0.25, 0.3) is 0 Å². The van der Waals surface area contributed by atoms with E-state index in [-0.39, 0.29) is 31.2 Å². The Morgan fingerprint density at radius 1 is 0.781 bits per heavy atom. The number of nitrogen functional groups attached to an aromatic ring is 1. The molecular formula is C22H22F6N2O2. The van der Waals surface area contributed by atoms with Crippen molar-refractivity contribution in [1.29, 1.82) is 0 Å². The van der Waals surface area contributed by atoms with Crippen molar-refractivity contribution < 1.29 is 35.9 Å². The summed E-state index contributed by atoms with van der Waals surface area (Å²) in [4.78, 5) is 24.1. The second-order valence-electron chi connectivity index (χ2n) is 7.27. The normalized spacial score (nSPS) is 11.9. The van der Waals surface area contributed by atoms with Crippen molar-refractivity contribution in [3.63, 3.8) is 0 Å². The Kier molecular flexibility index (Phi) is 8.29. The van der Waals surface area contributed by atoms with Gasteiger partial charge in [-0.05, 0) is 43.2 Å². The molecule has 32 heavy (non-hydrogen) atoms. The molecule has 0 spiro atoms. The van der Waals surface area contributed by atoms with Crippen molar-refractivity contribution in [2.24, 2.45) is 0 Å². The lowest BCUT2D eigenvalue weighted by atomic mass is 9.98. The van der Waals surface area contributed by atoms with Crippen LogP contribution in [-0.4, -0.2) is 11.7 Å². The van der Waals surface area contributed by atoms with Crippen LogP contribution in [0.1, 0.15) is 60.0 Å². The molecule has 0 radical (unpaired) electrons. The Labute approximate surface area is 180 Å². The van der Waals surface area contributed by atoms with Crippen LogP contribution in [0.2, 0.25) is 0 Å². The van der Waals surface area contributed by atoms with Gasteiger partial charge in [0.15, 0.2) is 5.78 Å². The standard InChI is InChI=1S/C22H22F6N2O2/c23-21(24,25)15-11-14(12-16(13-15)22(26,27)28)19(31)9-3-1-2-4-10-20(32)30-18-8-6-5-7-17(18)29/h5-8,11-13H,1-4,9-10,29H2,(H,30,32). The Bertz CT molecular complexity index is 922. The fourth-order valence-electron chi connectivity index (χ4n) is 3.01. The number of ketones is 1. The molecule has 174 valence electrons. The van der Waals surface area contributed by atoms with Crippen molar-refractivity contribution in [3.05, 3.63) is 59.2 Å². The Balaban J connectivity index is 1.82. The van der Waals surface area contributed by atoms with Crippen molar-refractivity contribution in [2.75, 3.05) is 11.1 Å². The number of amides is 1. The van der Waals surface area contributed by atoms with Crippen LogP contribution in [0.4, 0.5) is 37.7 Å². The minimum Gasteiger partial charge on any atom is -0.397 e. The second kappa shape index (κ2) is 10.5. The molecule has 0 aromatic heterocycles. The van der Waals surface area contributed by atoms with Gasteiger partial charge < -0.3 is 11.1 Å². The van der Waals surface area contributed by atoms with E-state index in [0.717, 1.165) is 0 Å². The number of hydrogen-bond donors (Lipinski definition) is 2. The zero-order chi connectivity index (χ0) is 23.9. The molecule has 1 amide bonds. The van der Waals surface area contributed by atoms with E-state index in [2.05, 4.69) is 5.32 Å². The highest BCUT2D eigenvalue weighted by atomic mass is 19.4. The van der Waals surface area contributed by atoms with E-state index < -0.39 is 34.8 Å². The number of unbranched alkanes of at least 4 members (excludes halogenated alkanes) is 3. The largest absolute Gasteiger partial charge is 0.416 e. The number of benzene rings is 2. The van der Waals surface area contributed by atoms with Gasteiger partial charge in [0, 0.05) is 18.4 Å². The highest BCUT2D eigenvalue weighted by Crippen LogP contribution is 2.36. The molecule has 0 bridgehead atoms. The summed E-state index contributed by atoms with van der Waals surface area (Å²) in [5.74, 6) is -1.03. The second-order valence-corrected chi connectivity index (χ2v) is 7.27. The first-order chi connectivity index (χ1) is 14.9. The molecule has 0 fully saturated rings. The summed E-state index contributed by atoms with van der Waals surface area (Å²) < 4.78 is 77.4.